The van der Waals surface area contributed by atoms with Crippen LogP contribution in [0.1, 0.15) is 24.7 Å². The number of rotatable bonds is 5. The molecule has 3 rings (SSSR count). The molecule has 0 bridgehead atoms. The number of fused-ring (bicyclic) bond motifs is 1. The van der Waals surface area contributed by atoms with Crippen LogP contribution in [0.25, 0.3) is 10.9 Å². The van der Waals surface area contributed by atoms with E-state index in [2.05, 4.69) is 52.0 Å². The fraction of sp³-hybridized carbons (Fsp3) is 0.333. The molecule has 104 valence electrons. The van der Waals surface area contributed by atoms with Crippen molar-refractivity contribution in [3.63, 3.8) is 0 Å². The molecule has 0 atom stereocenters. The van der Waals surface area contributed by atoms with Crippen molar-refractivity contribution < 1.29 is 0 Å². The molecule has 2 heterocycles. The number of nitrogens with two attached hydrogens (primary N) is 1. The predicted molar refractivity (Wildman–Crippen MR) is 79.2 cm³/mol. The molecule has 20 heavy (non-hydrogen) atoms. The highest BCUT2D eigenvalue weighted by atomic mass is 15.3. The van der Waals surface area contributed by atoms with Crippen LogP contribution in [0.2, 0.25) is 0 Å². The number of nitrogens with zero attached hydrogens (tertiary/aromatic N) is 4. The van der Waals surface area contributed by atoms with E-state index in [1.165, 1.54) is 10.9 Å². The molecule has 0 aliphatic carbocycles. The van der Waals surface area contributed by atoms with Gasteiger partial charge in [0, 0.05) is 19.3 Å². The maximum Gasteiger partial charge on any atom is 0.146 e. The van der Waals surface area contributed by atoms with E-state index in [0.29, 0.717) is 6.54 Å². The standard InChI is InChI=1S/C15H19N5/c1-2-7-20-14(17-11-18-20)10-19-8-6-12-4-3-5-13(9-16)15(12)19/h3-6,8,11H,2,7,9-10,16H2,1H3. The Kier molecular flexibility index (Phi) is 3.52. The van der Waals surface area contributed by atoms with Crippen LogP contribution in [0.3, 0.4) is 0 Å². The van der Waals surface area contributed by atoms with Crippen molar-refractivity contribution in [2.45, 2.75) is 33.0 Å². The Labute approximate surface area is 118 Å². The third kappa shape index (κ3) is 2.20. The van der Waals surface area contributed by atoms with Crippen molar-refractivity contribution in [3.8, 4) is 0 Å². The van der Waals surface area contributed by atoms with Gasteiger partial charge in [-0.2, -0.15) is 5.10 Å². The number of hydrogen-bond acceptors (Lipinski definition) is 3. The Hall–Kier alpha value is -2.14. The summed E-state index contributed by atoms with van der Waals surface area (Å²) in [5, 5.41) is 5.49. The van der Waals surface area contributed by atoms with Gasteiger partial charge < -0.3 is 10.3 Å². The molecule has 0 radical (unpaired) electrons. The van der Waals surface area contributed by atoms with Crippen LogP contribution in [-0.2, 0) is 19.6 Å². The van der Waals surface area contributed by atoms with E-state index < -0.39 is 0 Å². The van der Waals surface area contributed by atoms with Gasteiger partial charge in [-0.3, -0.25) is 0 Å². The molecule has 0 aliphatic heterocycles. The van der Waals surface area contributed by atoms with Crippen molar-refractivity contribution in [3.05, 3.63) is 48.2 Å². The lowest BCUT2D eigenvalue weighted by Gasteiger charge is -2.09. The highest BCUT2D eigenvalue weighted by Gasteiger charge is 2.09. The first-order chi connectivity index (χ1) is 9.83. The second-order valence-electron chi connectivity index (χ2n) is 4.90. The smallest absolute Gasteiger partial charge is 0.146 e. The van der Waals surface area contributed by atoms with Crippen molar-refractivity contribution >= 4 is 10.9 Å². The topological polar surface area (TPSA) is 61.7 Å². The lowest BCUT2D eigenvalue weighted by atomic mass is 10.1. The van der Waals surface area contributed by atoms with Crippen LogP contribution in [-0.4, -0.2) is 19.3 Å². The summed E-state index contributed by atoms with van der Waals surface area (Å²) in [6.07, 6.45) is 4.77. The summed E-state index contributed by atoms with van der Waals surface area (Å²) in [6.45, 7) is 4.31. The van der Waals surface area contributed by atoms with Crippen LogP contribution >= 0.6 is 0 Å². The summed E-state index contributed by atoms with van der Waals surface area (Å²) in [5.74, 6) is 0.983. The molecule has 0 amide bonds. The summed E-state index contributed by atoms with van der Waals surface area (Å²) in [4.78, 5) is 4.37. The zero-order chi connectivity index (χ0) is 13.9. The van der Waals surface area contributed by atoms with Crippen LogP contribution in [0.15, 0.2) is 36.8 Å². The molecule has 0 spiro atoms. The van der Waals surface area contributed by atoms with Gasteiger partial charge in [0.2, 0.25) is 0 Å². The molecule has 0 fully saturated rings. The molecule has 2 N–H and O–H groups in total. The van der Waals surface area contributed by atoms with Crippen molar-refractivity contribution in [1.29, 1.82) is 0 Å². The number of para-hydroxylation sites is 1. The molecule has 0 saturated carbocycles. The quantitative estimate of drug-likeness (QED) is 0.772. The van der Waals surface area contributed by atoms with Gasteiger partial charge in [0.15, 0.2) is 0 Å². The Bertz CT molecular complexity index is 710. The monoisotopic (exact) mass is 269 g/mol. The van der Waals surface area contributed by atoms with Crippen molar-refractivity contribution in [2.75, 3.05) is 0 Å². The normalized spacial score (nSPS) is 11.3. The first-order valence-electron chi connectivity index (χ1n) is 6.97. The SMILES string of the molecule is CCCn1ncnc1Cn1ccc2cccc(CN)c21. The third-order valence-corrected chi connectivity index (χ3v) is 3.53. The molecule has 0 saturated heterocycles. The molecular weight excluding hydrogens is 250 g/mol. The lowest BCUT2D eigenvalue weighted by molar-refractivity contribution is 0.557. The number of hydrogen-bond donors (Lipinski definition) is 1. The van der Waals surface area contributed by atoms with E-state index in [1.807, 2.05) is 4.68 Å². The maximum absolute atomic E-state index is 5.85. The first kappa shape index (κ1) is 12.9. The molecule has 5 heteroatoms. The van der Waals surface area contributed by atoms with Crippen LogP contribution in [0, 0.1) is 0 Å². The van der Waals surface area contributed by atoms with E-state index in [9.17, 15) is 0 Å². The summed E-state index contributed by atoms with van der Waals surface area (Å²) in [6, 6.07) is 8.36. The van der Waals surface area contributed by atoms with Gasteiger partial charge in [0.1, 0.15) is 12.2 Å². The van der Waals surface area contributed by atoms with Gasteiger partial charge in [-0.1, -0.05) is 25.1 Å². The summed E-state index contributed by atoms with van der Waals surface area (Å²) in [5.41, 5.74) is 8.21. The Morgan fingerprint density at radius 3 is 2.95 bits per heavy atom. The highest BCUT2D eigenvalue weighted by molar-refractivity contribution is 5.83. The Morgan fingerprint density at radius 2 is 2.15 bits per heavy atom. The van der Waals surface area contributed by atoms with Gasteiger partial charge >= 0.3 is 0 Å². The molecule has 1 aromatic carbocycles. The Morgan fingerprint density at radius 1 is 1.25 bits per heavy atom. The van der Waals surface area contributed by atoms with E-state index in [0.717, 1.165) is 30.9 Å². The van der Waals surface area contributed by atoms with Gasteiger partial charge in [-0.05, 0) is 23.4 Å². The maximum atomic E-state index is 5.85. The second-order valence-corrected chi connectivity index (χ2v) is 4.90. The van der Waals surface area contributed by atoms with Gasteiger partial charge in [-0.25, -0.2) is 9.67 Å². The minimum atomic E-state index is 0.545. The van der Waals surface area contributed by atoms with Gasteiger partial charge in [0.05, 0.1) is 12.1 Å². The molecular formula is C15H19N5. The summed E-state index contributed by atoms with van der Waals surface area (Å²) >= 11 is 0. The van der Waals surface area contributed by atoms with Crippen LogP contribution < -0.4 is 5.73 Å². The largest absolute Gasteiger partial charge is 0.340 e. The first-order valence-corrected chi connectivity index (χ1v) is 6.97. The fourth-order valence-corrected chi connectivity index (χ4v) is 2.60. The second kappa shape index (κ2) is 5.46. The average Bonchev–Trinajstić information content (AvgIpc) is 3.07. The summed E-state index contributed by atoms with van der Waals surface area (Å²) < 4.78 is 4.17. The minimum Gasteiger partial charge on any atom is -0.340 e. The van der Waals surface area contributed by atoms with Crippen molar-refractivity contribution in [1.82, 2.24) is 19.3 Å². The fourth-order valence-electron chi connectivity index (χ4n) is 2.60. The molecule has 3 aromatic rings. The molecule has 5 nitrogen and oxygen atoms in total. The van der Waals surface area contributed by atoms with Crippen LogP contribution in [0.5, 0.6) is 0 Å². The minimum absolute atomic E-state index is 0.545. The van der Waals surface area contributed by atoms with E-state index in [-0.39, 0.29) is 0 Å². The van der Waals surface area contributed by atoms with E-state index >= 15 is 0 Å². The van der Waals surface area contributed by atoms with Gasteiger partial charge in [-0.15, -0.1) is 0 Å². The van der Waals surface area contributed by atoms with E-state index in [4.69, 9.17) is 5.73 Å². The zero-order valence-corrected chi connectivity index (χ0v) is 11.7. The zero-order valence-electron chi connectivity index (χ0n) is 11.7. The molecule has 0 unspecified atom stereocenters. The number of aryl methyl sites for hydroxylation is 1. The molecule has 2 aromatic heterocycles. The van der Waals surface area contributed by atoms with Crippen molar-refractivity contribution in [2.24, 2.45) is 5.73 Å². The highest BCUT2D eigenvalue weighted by Crippen LogP contribution is 2.20. The molecule has 0 aliphatic rings. The number of benzene rings is 1. The predicted octanol–water partition coefficient (Wildman–Crippen LogP) is 2.15. The Balaban J connectivity index is 2.00. The third-order valence-electron chi connectivity index (χ3n) is 3.53. The lowest BCUT2D eigenvalue weighted by Crippen LogP contribution is -2.10. The van der Waals surface area contributed by atoms with Crippen LogP contribution in [0.4, 0.5) is 0 Å². The average molecular weight is 269 g/mol. The number of aromatic nitrogens is 4. The summed E-state index contributed by atoms with van der Waals surface area (Å²) in [7, 11) is 0. The van der Waals surface area contributed by atoms with Gasteiger partial charge in [0.25, 0.3) is 0 Å². The van der Waals surface area contributed by atoms with E-state index in [1.54, 1.807) is 6.33 Å².